The van der Waals surface area contributed by atoms with Gasteiger partial charge in [-0.25, -0.2) is 0 Å². The van der Waals surface area contributed by atoms with Crippen molar-refractivity contribution in [2.24, 2.45) is 5.92 Å². The molecule has 3 heteroatoms. The average molecular weight is 335 g/mol. The van der Waals surface area contributed by atoms with Crippen LogP contribution in [0, 0.1) is 5.92 Å². The summed E-state index contributed by atoms with van der Waals surface area (Å²) in [5.41, 5.74) is 5.94. The van der Waals surface area contributed by atoms with E-state index in [4.69, 9.17) is 9.47 Å². The highest BCUT2D eigenvalue weighted by Gasteiger charge is 2.13. The standard InChI is InChI=1S/C22H25NO2/c1-15(2)13-18-14-21(16-5-9-19(24-3)10-6-16)22(23-18)17-7-11-20(25-4)12-8-17/h5-12,14-15,23H,13H2,1-4H3. The van der Waals surface area contributed by atoms with Gasteiger partial charge in [0.25, 0.3) is 0 Å². The van der Waals surface area contributed by atoms with Crippen LogP contribution in [0.1, 0.15) is 19.5 Å². The number of nitrogens with one attached hydrogen (secondary N) is 1. The molecule has 0 bridgehead atoms. The summed E-state index contributed by atoms with van der Waals surface area (Å²) in [6.45, 7) is 4.47. The van der Waals surface area contributed by atoms with E-state index in [0.29, 0.717) is 5.92 Å². The number of benzene rings is 2. The summed E-state index contributed by atoms with van der Waals surface area (Å²) in [5, 5.41) is 0. The van der Waals surface area contributed by atoms with Gasteiger partial charge in [0.15, 0.2) is 0 Å². The van der Waals surface area contributed by atoms with Gasteiger partial charge >= 0.3 is 0 Å². The van der Waals surface area contributed by atoms with E-state index in [2.05, 4.69) is 49.2 Å². The van der Waals surface area contributed by atoms with Crippen LogP contribution in [0.25, 0.3) is 22.4 Å². The lowest BCUT2D eigenvalue weighted by molar-refractivity contribution is 0.414. The molecule has 0 amide bonds. The molecule has 1 aromatic heterocycles. The van der Waals surface area contributed by atoms with Crippen LogP contribution in [0.5, 0.6) is 11.5 Å². The van der Waals surface area contributed by atoms with Gasteiger partial charge < -0.3 is 14.5 Å². The summed E-state index contributed by atoms with van der Waals surface area (Å²) in [4.78, 5) is 3.62. The van der Waals surface area contributed by atoms with Gasteiger partial charge in [-0.1, -0.05) is 26.0 Å². The van der Waals surface area contributed by atoms with E-state index in [-0.39, 0.29) is 0 Å². The van der Waals surface area contributed by atoms with Gasteiger partial charge in [0.2, 0.25) is 0 Å². The lowest BCUT2D eigenvalue weighted by Gasteiger charge is -2.07. The fourth-order valence-corrected chi connectivity index (χ4v) is 3.04. The first-order valence-electron chi connectivity index (χ1n) is 8.61. The van der Waals surface area contributed by atoms with E-state index < -0.39 is 0 Å². The molecule has 0 radical (unpaired) electrons. The molecule has 0 unspecified atom stereocenters. The lowest BCUT2D eigenvalue weighted by Crippen LogP contribution is -1.93. The van der Waals surface area contributed by atoms with Crippen molar-refractivity contribution in [2.45, 2.75) is 20.3 Å². The number of hydrogen-bond acceptors (Lipinski definition) is 2. The monoisotopic (exact) mass is 335 g/mol. The molecule has 0 saturated heterocycles. The van der Waals surface area contributed by atoms with Crippen LogP contribution in [0.4, 0.5) is 0 Å². The zero-order chi connectivity index (χ0) is 17.8. The first kappa shape index (κ1) is 17.2. The Labute approximate surface area is 149 Å². The summed E-state index contributed by atoms with van der Waals surface area (Å²) in [6, 6.07) is 18.7. The zero-order valence-electron chi connectivity index (χ0n) is 15.3. The fourth-order valence-electron chi connectivity index (χ4n) is 3.04. The highest BCUT2D eigenvalue weighted by Crippen LogP contribution is 2.34. The number of aromatic nitrogens is 1. The molecular weight excluding hydrogens is 310 g/mol. The minimum atomic E-state index is 0.603. The van der Waals surface area contributed by atoms with Crippen molar-refractivity contribution < 1.29 is 9.47 Å². The summed E-state index contributed by atoms with van der Waals surface area (Å²) in [7, 11) is 3.38. The van der Waals surface area contributed by atoms with Crippen molar-refractivity contribution in [3.8, 4) is 33.9 Å². The lowest BCUT2D eigenvalue weighted by atomic mass is 10.0. The van der Waals surface area contributed by atoms with E-state index in [9.17, 15) is 0 Å². The molecule has 0 atom stereocenters. The van der Waals surface area contributed by atoms with Gasteiger partial charge in [-0.2, -0.15) is 0 Å². The Hall–Kier alpha value is -2.68. The first-order chi connectivity index (χ1) is 12.1. The smallest absolute Gasteiger partial charge is 0.118 e. The number of rotatable bonds is 6. The van der Waals surface area contributed by atoms with E-state index >= 15 is 0 Å². The van der Waals surface area contributed by atoms with Crippen molar-refractivity contribution in [3.05, 3.63) is 60.3 Å². The molecule has 0 aliphatic rings. The van der Waals surface area contributed by atoms with Crippen LogP contribution >= 0.6 is 0 Å². The second kappa shape index (κ2) is 7.47. The molecule has 1 N–H and O–H groups in total. The maximum absolute atomic E-state index is 5.28. The zero-order valence-corrected chi connectivity index (χ0v) is 15.3. The van der Waals surface area contributed by atoms with Gasteiger partial charge in [0, 0.05) is 11.3 Å². The number of aromatic amines is 1. The second-order valence-corrected chi connectivity index (χ2v) is 6.64. The average Bonchev–Trinajstić information content (AvgIpc) is 3.05. The third-order valence-electron chi connectivity index (χ3n) is 4.28. The van der Waals surface area contributed by atoms with Gasteiger partial charge in [-0.3, -0.25) is 0 Å². The van der Waals surface area contributed by atoms with Crippen LogP contribution in [-0.4, -0.2) is 19.2 Å². The highest BCUT2D eigenvalue weighted by atomic mass is 16.5. The van der Waals surface area contributed by atoms with Crippen molar-refractivity contribution in [1.82, 2.24) is 4.98 Å². The van der Waals surface area contributed by atoms with Crippen molar-refractivity contribution in [1.29, 1.82) is 0 Å². The van der Waals surface area contributed by atoms with E-state index in [0.717, 1.165) is 29.2 Å². The number of H-pyrrole nitrogens is 1. The predicted octanol–water partition coefficient (Wildman–Crippen LogP) is 5.56. The molecule has 25 heavy (non-hydrogen) atoms. The van der Waals surface area contributed by atoms with E-state index in [1.54, 1.807) is 14.2 Å². The molecule has 3 rings (SSSR count). The predicted molar refractivity (Wildman–Crippen MR) is 103 cm³/mol. The van der Waals surface area contributed by atoms with Gasteiger partial charge in [-0.05, 0) is 65.9 Å². The molecule has 0 aliphatic carbocycles. The SMILES string of the molecule is COc1ccc(-c2cc(CC(C)C)[nH]c2-c2ccc(OC)cc2)cc1. The molecule has 2 aromatic carbocycles. The Morgan fingerprint density at radius 3 is 1.80 bits per heavy atom. The van der Waals surface area contributed by atoms with Crippen LogP contribution < -0.4 is 9.47 Å². The number of methoxy groups -OCH3 is 2. The van der Waals surface area contributed by atoms with Crippen LogP contribution in [0.2, 0.25) is 0 Å². The molecule has 0 aliphatic heterocycles. The van der Waals surface area contributed by atoms with Crippen molar-refractivity contribution in [3.63, 3.8) is 0 Å². The van der Waals surface area contributed by atoms with E-state index in [1.807, 2.05) is 24.3 Å². The van der Waals surface area contributed by atoms with Crippen molar-refractivity contribution in [2.75, 3.05) is 14.2 Å². The Morgan fingerprint density at radius 2 is 1.32 bits per heavy atom. The summed E-state index contributed by atoms with van der Waals surface area (Å²) < 4.78 is 10.6. The summed E-state index contributed by atoms with van der Waals surface area (Å²) in [6.07, 6.45) is 1.03. The molecule has 0 fully saturated rings. The van der Waals surface area contributed by atoms with Crippen LogP contribution in [-0.2, 0) is 6.42 Å². The normalized spacial score (nSPS) is 10.9. The molecular formula is C22H25NO2. The molecule has 0 saturated carbocycles. The van der Waals surface area contributed by atoms with E-state index in [1.165, 1.54) is 16.8 Å². The van der Waals surface area contributed by atoms with Gasteiger partial charge in [0.1, 0.15) is 11.5 Å². The number of ether oxygens (including phenoxy) is 2. The van der Waals surface area contributed by atoms with Gasteiger partial charge in [-0.15, -0.1) is 0 Å². The van der Waals surface area contributed by atoms with Crippen LogP contribution in [0.15, 0.2) is 54.6 Å². The molecule has 3 nitrogen and oxygen atoms in total. The Kier molecular flexibility index (Phi) is 5.13. The topological polar surface area (TPSA) is 34.2 Å². The minimum Gasteiger partial charge on any atom is -0.497 e. The highest BCUT2D eigenvalue weighted by molar-refractivity contribution is 5.82. The molecule has 3 aromatic rings. The summed E-state index contributed by atoms with van der Waals surface area (Å²) >= 11 is 0. The summed E-state index contributed by atoms with van der Waals surface area (Å²) in [5.74, 6) is 2.34. The van der Waals surface area contributed by atoms with Crippen LogP contribution in [0.3, 0.4) is 0 Å². The maximum atomic E-state index is 5.28. The molecule has 0 spiro atoms. The number of hydrogen-bond donors (Lipinski definition) is 1. The Balaban J connectivity index is 2.05. The maximum Gasteiger partial charge on any atom is 0.118 e. The quantitative estimate of drug-likeness (QED) is 0.639. The first-order valence-corrected chi connectivity index (χ1v) is 8.61. The molecule has 130 valence electrons. The second-order valence-electron chi connectivity index (χ2n) is 6.64. The Bertz CT molecular complexity index is 749. The Morgan fingerprint density at radius 1 is 0.800 bits per heavy atom. The molecule has 1 heterocycles. The van der Waals surface area contributed by atoms with Crippen molar-refractivity contribution >= 4 is 0 Å². The fraction of sp³-hybridized carbons (Fsp3) is 0.273. The third-order valence-corrected chi connectivity index (χ3v) is 4.28. The minimum absolute atomic E-state index is 0.603. The third kappa shape index (κ3) is 3.87. The van der Waals surface area contributed by atoms with Gasteiger partial charge in [0.05, 0.1) is 19.9 Å². The largest absolute Gasteiger partial charge is 0.497 e.